The van der Waals surface area contributed by atoms with Crippen LogP contribution in [-0.2, 0) is 10.0 Å². The molecule has 0 amide bonds. The standard InChI is InChI=1S/C15H15N3O5S/c1-21-11-7-4-8-12(22-2)14(11)24(19,20)18-15-13-9(16)5-3-6-10(13)23-17-15/h3-8H,16H2,1-2H3,(H,17,18). The number of anilines is 2. The lowest BCUT2D eigenvalue weighted by Crippen LogP contribution is -2.15. The molecule has 0 aliphatic rings. The molecule has 3 aromatic rings. The third-order valence-corrected chi connectivity index (χ3v) is 4.81. The highest BCUT2D eigenvalue weighted by Gasteiger charge is 2.27. The molecule has 8 nitrogen and oxygen atoms in total. The molecule has 1 heterocycles. The molecule has 0 unspecified atom stereocenters. The summed E-state index contributed by atoms with van der Waals surface area (Å²) in [6.45, 7) is 0. The zero-order valence-corrected chi connectivity index (χ0v) is 13.8. The number of nitrogens with two attached hydrogens (primary N) is 1. The zero-order chi connectivity index (χ0) is 17.3. The minimum absolute atomic E-state index is 0.00365. The van der Waals surface area contributed by atoms with Crippen LogP contribution in [0.4, 0.5) is 11.5 Å². The summed E-state index contributed by atoms with van der Waals surface area (Å²) < 4.78 is 43.4. The molecule has 24 heavy (non-hydrogen) atoms. The highest BCUT2D eigenvalue weighted by molar-refractivity contribution is 7.93. The first-order valence-electron chi connectivity index (χ1n) is 6.85. The summed E-state index contributed by atoms with van der Waals surface area (Å²) in [4.78, 5) is -0.138. The van der Waals surface area contributed by atoms with E-state index in [9.17, 15) is 8.42 Å². The van der Waals surface area contributed by atoms with Gasteiger partial charge in [-0.1, -0.05) is 17.3 Å². The number of ether oxygens (including phenoxy) is 2. The van der Waals surface area contributed by atoms with Crippen LogP contribution in [0.1, 0.15) is 0 Å². The largest absolute Gasteiger partial charge is 0.495 e. The van der Waals surface area contributed by atoms with Crippen molar-refractivity contribution in [1.82, 2.24) is 5.16 Å². The Morgan fingerprint density at radius 1 is 1.08 bits per heavy atom. The van der Waals surface area contributed by atoms with Gasteiger partial charge >= 0.3 is 0 Å². The van der Waals surface area contributed by atoms with E-state index in [1.807, 2.05) is 0 Å². The molecule has 0 aliphatic heterocycles. The Labute approximate surface area is 138 Å². The number of aromatic nitrogens is 1. The minimum Gasteiger partial charge on any atom is -0.495 e. The lowest BCUT2D eigenvalue weighted by Gasteiger charge is -2.13. The molecule has 0 atom stereocenters. The monoisotopic (exact) mass is 349 g/mol. The van der Waals surface area contributed by atoms with Gasteiger partial charge in [0, 0.05) is 5.69 Å². The van der Waals surface area contributed by atoms with E-state index in [0.717, 1.165) is 0 Å². The molecule has 0 saturated heterocycles. The number of benzene rings is 2. The molecule has 0 fully saturated rings. The van der Waals surface area contributed by atoms with Crippen LogP contribution in [0.2, 0.25) is 0 Å². The Bertz CT molecular complexity index is 975. The molecule has 3 rings (SSSR count). The van der Waals surface area contributed by atoms with E-state index in [1.54, 1.807) is 24.3 Å². The van der Waals surface area contributed by atoms with Gasteiger partial charge in [0.25, 0.3) is 10.0 Å². The quantitative estimate of drug-likeness (QED) is 0.678. The molecule has 0 radical (unpaired) electrons. The zero-order valence-electron chi connectivity index (χ0n) is 12.9. The summed E-state index contributed by atoms with van der Waals surface area (Å²) in [5.41, 5.74) is 6.61. The fourth-order valence-electron chi connectivity index (χ4n) is 2.35. The molecule has 126 valence electrons. The highest BCUT2D eigenvalue weighted by Crippen LogP contribution is 2.36. The molecule has 0 saturated carbocycles. The molecule has 0 aliphatic carbocycles. The van der Waals surface area contributed by atoms with E-state index in [-0.39, 0.29) is 22.2 Å². The second kappa shape index (κ2) is 5.93. The number of nitrogens with one attached hydrogen (secondary N) is 1. The van der Waals surface area contributed by atoms with Crippen molar-refractivity contribution in [1.29, 1.82) is 0 Å². The summed E-state index contributed by atoms with van der Waals surface area (Å²) >= 11 is 0. The number of hydrogen-bond acceptors (Lipinski definition) is 7. The predicted octanol–water partition coefficient (Wildman–Crippen LogP) is 2.23. The van der Waals surface area contributed by atoms with E-state index in [0.29, 0.717) is 16.7 Å². The Balaban J connectivity index is 2.13. The number of sulfonamides is 1. The minimum atomic E-state index is -4.06. The molecule has 9 heteroatoms. The van der Waals surface area contributed by atoms with E-state index in [4.69, 9.17) is 19.7 Å². The van der Waals surface area contributed by atoms with E-state index in [2.05, 4.69) is 9.88 Å². The van der Waals surface area contributed by atoms with Crippen molar-refractivity contribution in [3.63, 3.8) is 0 Å². The topological polar surface area (TPSA) is 117 Å². The lowest BCUT2D eigenvalue weighted by atomic mass is 10.2. The van der Waals surface area contributed by atoms with Gasteiger partial charge in [0.2, 0.25) is 0 Å². The third kappa shape index (κ3) is 2.58. The number of nitrogens with zero attached hydrogens (tertiary/aromatic N) is 1. The van der Waals surface area contributed by atoms with Crippen molar-refractivity contribution in [2.75, 3.05) is 24.7 Å². The normalized spacial score (nSPS) is 11.4. The first-order valence-corrected chi connectivity index (χ1v) is 8.34. The maximum absolute atomic E-state index is 12.8. The maximum atomic E-state index is 12.8. The number of hydrogen-bond donors (Lipinski definition) is 2. The predicted molar refractivity (Wildman–Crippen MR) is 88.8 cm³/mol. The summed E-state index contributed by atoms with van der Waals surface area (Å²) in [6.07, 6.45) is 0. The van der Waals surface area contributed by atoms with Crippen LogP contribution >= 0.6 is 0 Å². The van der Waals surface area contributed by atoms with Gasteiger partial charge in [-0.05, 0) is 24.3 Å². The van der Waals surface area contributed by atoms with Crippen LogP contribution in [0.3, 0.4) is 0 Å². The number of methoxy groups -OCH3 is 2. The van der Waals surface area contributed by atoms with Crippen LogP contribution in [0.25, 0.3) is 11.0 Å². The fraction of sp³-hybridized carbons (Fsp3) is 0.133. The van der Waals surface area contributed by atoms with Gasteiger partial charge < -0.3 is 19.7 Å². The Morgan fingerprint density at radius 2 is 1.71 bits per heavy atom. The molecule has 0 bridgehead atoms. The Kier molecular flexibility index (Phi) is 3.94. The third-order valence-electron chi connectivity index (χ3n) is 3.41. The van der Waals surface area contributed by atoms with Crippen LogP contribution in [0.5, 0.6) is 11.5 Å². The van der Waals surface area contributed by atoms with Crippen LogP contribution < -0.4 is 19.9 Å². The lowest BCUT2D eigenvalue weighted by molar-refractivity contribution is 0.373. The number of rotatable bonds is 5. The van der Waals surface area contributed by atoms with Crippen molar-refractivity contribution in [3.05, 3.63) is 36.4 Å². The van der Waals surface area contributed by atoms with Crippen LogP contribution in [0.15, 0.2) is 45.8 Å². The second-order valence-electron chi connectivity index (χ2n) is 4.85. The Hall–Kier alpha value is -2.94. The van der Waals surface area contributed by atoms with Gasteiger partial charge in [-0.3, -0.25) is 4.72 Å². The molecule has 1 aromatic heterocycles. The van der Waals surface area contributed by atoms with Gasteiger partial charge in [0.05, 0.1) is 19.6 Å². The van der Waals surface area contributed by atoms with E-state index in [1.165, 1.54) is 26.4 Å². The van der Waals surface area contributed by atoms with Gasteiger partial charge in [0.15, 0.2) is 16.3 Å². The van der Waals surface area contributed by atoms with E-state index < -0.39 is 10.0 Å². The first-order chi connectivity index (χ1) is 11.5. The first kappa shape index (κ1) is 15.9. The molecular weight excluding hydrogens is 334 g/mol. The number of fused-ring (bicyclic) bond motifs is 1. The van der Waals surface area contributed by atoms with Gasteiger partial charge in [0.1, 0.15) is 11.5 Å². The van der Waals surface area contributed by atoms with Gasteiger partial charge in [-0.15, -0.1) is 0 Å². The SMILES string of the molecule is COc1cccc(OC)c1S(=O)(=O)Nc1noc2cccc(N)c12. The summed E-state index contributed by atoms with van der Waals surface area (Å²) in [7, 11) is -1.31. The van der Waals surface area contributed by atoms with Crippen LogP contribution in [-0.4, -0.2) is 27.8 Å². The van der Waals surface area contributed by atoms with Crippen molar-refractivity contribution in [3.8, 4) is 11.5 Å². The van der Waals surface area contributed by atoms with Crippen molar-refractivity contribution < 1.29 is 22.4 Å². The summed E-state index contributed by atoms with van der Waals surface area (Å²) in [5, 5.41) is 4.14. The van der Waals surface area contributed by atoms with Crippen molar-refractivity contribution in [2.45, 2.75) is 4.90 Å². The summed E-state index contributed by atoms with van der Waals surface area (Å²) in [6, 6.07) is 9.62. The highest BCUT2D eigenvalue weighted by atomic mass is 32.2. The Morgan fingerprint density at radius 3 is 2.33 bits per heavy atom. The maximum Gasteiger partial charge on any atom is 0.270 e. The summed E-state index contributed by atoms with van der Waals surface area (Å²) in [5.74, 6) is 0.279. The second-order valence-corrected chi connectivity index (χ2v) is 6.47. The van der Waals surface area contributed by atoms with Crippen molar-refractivity contribution in [2.24, 2.45) is 0 Å². The molecule has 0 spiro atoms. The van der Waals surface area contributed by atoms with Gasteiger partial charge in [-0.25, -0.2) is 8.42 Å². The average Bonchev–Trinajstić information content (AvgIpc) is 2.97. The van der Waals surface area contributed by atoms with E-state index >= 15 is 0 Å². The molecule has 3 N–H and O–H groups in total. The smallest absolute Gasteiger partial charge is 0.270 e. The number of nitrogen functional groups attached to an aromatic ring is 1. The molecular formula is C15H15N3O5S. The average molecular weight is 349 g/mol. The van der Waals surface area contributed by atoms with Crippen molar-refractivity contribution >= 4 is 32.5 Å². The van der Waals surface area contributed by atoms with Gasteiger partial charge in [-0.2, -0.15) is 0 Å². The van der Waals surface area contributed by atoms with Crippen LogP contribution in [0, 0.1) is 0 Å². The fourth-order valence-corrected chi connectivity index (χ4v) is 3.68. The molecule has 2 aromatic carbocycles.